The van der Waals surface area contributed by atoms with Gasteiger partial charge in [-0.2, -0.15) is 0 Å². The summed E-state index contributed by atoms with van der Waals surface area (Å²) < 4.78 is 23.0. The van der Waals surface area contributed by atoms with Gasteiger partial charge in [0.2, 0.25) is 0 Å². The molecule has 0 saturated carbocycles. The number of aromatic carboxylic acids is 1. The minimum Gasteiger partial charge on any atom is -0.478 e. The highest BCUT2D eigenvalue weighted by Crippen LogP contribution is 2.30. The van der Waals surface area contributed by atoms with E-state index in [1.165, 1.54) is 12.3 Å². The molecule has 104 valence electrons. The standard InChI is InChI=1S/C11H13ClN2O4S/c1-11(2-3-19(17,18)6-11)14-9-8(12)4-7(5-13-9)10(15)16/h4-5H,2-3,6H2,1H3,(H,13,14)(H,15,16). The smallest absolute Gasteiger partial charge is 0.337 e. The van der Waals surface area contributed by atoms with Crippen LogP contribution in [0.3, 0.4) is 0 Å². The molecular weight excluding hydrogens is 292 g/mol. The van der Waals surface area contributed by atoms with E-state index in [-0.39, 0.29) is 22.1 Å². The second-order valence-electron chi connectivity index (χ2n) is 4.89. The van der Waals surface area contributed by atoms with Gasteiger partial charge in [-0.05, 0) is 19.4 Å². The minimum atomic E-state index is -3.04. The van der Waals surface area contributed by atoms with Crippen LogP contribution < -0.4 is 5.32 Å². The van der Waals surface area contributed by atoms with Crippen molar-refractivity contribution < 1.29 is 18.3 Å². The van der Waals surface area contributed by atoms with Gasteiger partial charge in [-0.25, -0.2) is 18.2 Å². The lowest BCUT2D eigenvalue weighted by Gasteiger charge is -2.25. The monoisotopic (exact) mass is 304 g/mol. The van der Waals surface area contributed by atoms with Crippen molar-refractivity contribution >= 4 is 33.2 Å². The molecular formula is C11H13ClN2O4S. The van der Waals surface area contributed by atoms with Crippen LogP contribution in [0, 0.1) is 0 Å². The average Bonchev–Trinajstić information content (AvgIpc) is 2.56. The molecule has 8 heteroatoms. The molecule has 0 aromatic carbocycles. The summed E-state index contributed by atoms with van der Waals surface area (Å²) in [5, 5.41) is 12.0. The summed E-state index contributed by atoms with van der Waals surface area (Å²) >= 11 is 5.95. The van der Waals surface area contributed by atoms with Gasteiger partial charge >= 0.3 is 5.97 Å². The highest BCUT2D eigenvalue weighted by atomic mass is 35.5. The molecule has 0 amide bonds. The van der Waals surface area contributed by atoms with Crippen molar-refractivity contribution in [3.8, 4) is 0 Å². The molecule has 0 aliphatic carbocycles. The van der Waals surface area contributed by atoms with Gasteiger partial charge in [-0.1, -0.05) is 11.6 Å². The molecule has 2 N–H and O–H groups in total. The van der Waals surface area contributed by atoms with Crippen molar-refractivity contribution in [2.24, 2.45) is 0 Å². The summed E-state index contributed by atoms with van der Waals surface area (Å²) in [6, 6.07) is 1.28. The highest BCUT2D eigenvalue weighted by molar-refractivity contribution is 7.91. The van der Waals surface area contributed by atoms with E-state index in [0.717, 1.165) is 0 Å². The van der Waals surface area contributed by atoms with Crippen molar-refractivity contribution in [1.29, 1.82) is 0 Å². The Labute approximate surface area is 115 Å². The summed E-state index contributed by atoms with van der Waals surface area (Å²) in [5.41, 5.74) is -0.639. The third kappa shape index (κ3) is 3.16. The van der Waals surface area contributed by atoms with Crippen LogP contribution in [0.5, 0.6) is 0 Å². The highest BCUT2D eigenvalue weighted by Gasteiger charge is 2.38. The van der Waals surface area contributed by atoms with Gasteiger partial charge in [0, 0.05) is 6.20 Å². The lowest BCUT2D eigenvalue weighted by molar-refractivity contribution is 0.0696. The fourth-order valence-corrected chi connectivity index (χ4v) is 4.35. The molecule has 0 bridgehead atoms. The Morgan fingerprint density at radius 2 is 2.26 bits per heavy atom. The molecule has 6 nitrogen and oxygen atoms in total. The molecule has 19 heavy (non-hydrogen) atoms. The zero-order chi connectivity index (χ0) is 14.3. The lowest BCUT2D eigenvalue weighted by Crippen LogP contribution is -2.36. The number of pyridine rings is 1. The first-order valence-electron chi connectivity index (χ1n) is 5.58. The van der Waals surface area contributed by atoms with Crippen LogP contribution in [0.2, 0.25) is 5.02 Å². The van der Waals surface area contributed by atoms with Gasteiger partial charge < -0.3 is 10.4 Å². The lowest BCUT2D eigenvalue weighted by atomic mass is 10.0. The Bertz CT molecular complexity index is 632. The number of hydrogen-bond donors (Lipinski definition) is 2. The van der Waals surface area contributed by atoms with Crippen LogP contribution in [0.4, 0.5) is 5.82 Å². The number of carboxylic acids is 1. The molecule has 0 spiro atoms. The van der Waals surface area contributed by atoms with Gasteiger partial charge in [0.05, 0.1) is 27.6 Å². The number of anilines is 1. The SMILES string of the molecule is CC1(Nc2ncc(C(=O)O)cc2Cl)CCS(=O)(=O)C1. The van der Waals surface area contributed by atoms with E-state index in [2.05, 4.69) is 10.3 Å². The maximum absolute atomic E-state index is 11.5. The van der Waals surface area contributed by atoms with Gasteiger partial charge in [-0.3, -0.25) is 0 Å². The molecule has 1 aliphatic heterocycles. The number of sulfone groups is 1. The Morgan fingerprint density at radius 1 is 1.58 bits per heavy atom. The van der Waals surface area contributed by atoms with Crippen LogP contribution in [-0.4, -0.2) is 41.5 Å². The number of nitrogens with one attached hydrogen (secondary N) is 1. The predicted molar refractivity (Wildman–Crippen MR) is 71.5 cm³/mol. The van der Waals surface area contributed by atoms with E-state index in [9.17, 15) is 13.2 Å². The van der Waals surface area contributed by atoms with E-state index in [4.69, 9.17) is 16.7 Å². The third-order valence-electron chi connectivity index (χ3n) is 3.01. The average molecular weight is 305 g/mol. The number of carbonyl (C=O) groups is 1. The van der Waals surface area contributed by atoms with Gasteiger partial charge in [0.1, 0.15) is 5.82 Å². The van der Waals surface area contributed by atoms with Crippen LogP contribution in [0.15, 0.2) is 12.3 Å². The zero-order valence-electron chi connectivity index (χ0n) is 10.2. The normalized spacial score (nSPS) is 25.2. The quantitative estimate of drug-likeness (QED) is 0.876. The van der Waals surface area contributed by atoms with E-state index in [1.807, 2.05) is 0 Å². The fraction of sp³-hybridized carbons (Fsp3) is 0.455. The largest absolute Gasteiger partial charge is 0.478 e. The molecule has 1 aliphatic rings. The van der Waals surface area contributed by atoms with Gasteiger partial charge in [0.15, 0.2) is 9.84 Å². The second-order valence-corrected chi connectivity index (χ2v) is 7.48. The second kappa shape index (κ2) is 4.64. The molecule has 2 rings (SSSR count). The molecule has 1 aromatic rings. The van der Waals surface area contributed by atoms with E-state index in [0.29, 0.717) is 12.2 Å². The van der Waals surface area contributed by atoms with E-state index < -0.39 is 21.3 Å². The first-order valence-corrected chi connectivity index (χ1v) is 7.78. The number of halogens is 1. The van der Waals surface area contributed by atoms with Crippen molar-refractivity contribution in [2.75, 3.05) is 16.8 Å². The number of rotatable bonds is 3. The molecule has 1 atom stereocenters. The fourth-order valence-electron chi connectivity index (χ4n) is 2.04. The van der Waals surface area contributed by atoms with Gasteiger partial charge in [-0.15, -0.1) is 0 Å². The molecule has 1 fully saturated rings. The van der Waals surface area contributed by atoms with Crippen LogP contribution >= 0.6 is 11.6 Å². The number of aromatic nitrogens is 1. The minimum absolute atomic E-state index is 0.0126. The summed E-state index contributed by atoms with van der Waals surface area (Å²) in [6.45, 7) is 1.78. The third-order valence-corrected chi connectivity index (χ3v) is 5.20. The van der Waals surface area contributed by atoms with Crippen molar-refractivity contribution in [2.45, 2.75) is 18.9 Å². The number of nitrogens with zero attached hydrogens (tertiary/aromatic N) is 1. The Kier molecular flexibility index (Phi) is 3.44. The summed E-state index contributed by atoms with van der Waals surface area (Å²) in [5.74, 6) is -0.679. The topological polar surface area (TPSA) is 96.4 Å². The number of carboxylic acid groups (broad SMARTS) is 1. The Balaban J connectivity index is 2.23. The molecule has 1 saturated heterocycles. The summed E-state index contributed by atoms with van der Waals surface area (Å²) in [4.78, 5) is 14.7. The predicted octanol–water partition coefficient (Wildman–Crippen LogP) is 1.42. The first kappa shape index (κ1) is 14.1. The van der Waals surface area contributed by atoms with Crippen molar-refractivity contribution in [1.82, 2.24) is 4.98 Å². The Hall–Kier alpha value is -1.34. The van der Waals surface area contributed by atoms with E-state index >= 15 is 0 Å². The number of hydrogen-bond acceptors (Lipinski definition) is 5. The zero-order valence-corrected chi connectivity index (χ0v) is 11.8. The first-order chi connectivity index (χ1) is 8.71. The van der Waals surface area contributed by atoms with Crippen molar-refractivity contribution in [3.63, 3.8) is 0 Å². The van der Waals surface area contributed by atoms with Crippen LogP contribution in [0.1, 0.15) is 23.7 Å². The van der Waals surface area contributed by atoms with Crippen molar-refractivity contribution in [3.05, 3.63) is 22.8 Å². The summed E-state index contributed by atoms with van der Waals surface area (Å²) in [6.07, 6.45) is 1.65. The van der Waals surface area contributed by atoms with E-state index in [1.54, 1.807) is 6.92 Å². The van der Waals surface area contributed by atoms with Crippen LogP contribution in [-0.2, 0) is 9.84 Å². The molecule has 0 radical (unpaired) electrons. The molecule has 2 heterocycles. The van der Waals surface area contributed by atoms with Gasteiger partial charge in [0.25, 0.3) is 0 Å². The molecule has 1 unspecified atom stereocenters. The Morgan fingerprint density at radius 3 is 2.74 bits per heavy atom. The maximum atomic E-state index is 11.5. The maximum Gasteiger partial charge on any atom is 0.337 e. The molecule has 1 aromatic heterocycles. The van der Waals surface area contributed by atoms with Crippen LogP contribution in [0.25, 0.3) is 0 Å². The summed E-state index contributed by atoms with van der Waals surface area (Å²) in [7, 11) is -3.04.